The molecule has 31 heavy (non-hydrogen) atoms. The molecule has 0 saturated heterocycles. The van der Waals surface area contributed by atoms with Gasteiger partial charge in [0, 0.05) is 35.8 Å². The summed E-state index contributed by atoms with van der Waals surface area (Å²) in [4.78, 5) is 2.61. The van der Waals surface area contributed by atoms with Crippen molar-refractivity contribution in [3.8, 4) is 24.3 Å². The first-order chi connectivity index (χ1) is 15.0. The number of thioether (sulfide) groups is 4. The summed E-state index contributed by atoms with van der Waals surface area (Å²) < 4.78 is 2.17. The van der Waals surface area contributed by atoms with Crippen LogP contribution in [0.4, 0.5) is 5.69 Å². The molecule has 0 unspecified atom stereocenters. The van der Waals surface area contributed by atoms with E-state index in [1.54, 1.807) is 35.7 Å². The molecule has 2 aliphatic rings. The van der Waals surface area contributed by atoms with Crippen molar-refractivity contribution in [3.63, 3.8) is 0 Å². The molecule has 0 saturated carbocycles. The molecule has 3 rings (SSSR count). The summed E-state index contributed by atoms with van der Waals surface area (Å²) in [5, 5.41) is 44.5. The smallest absolute Gasteiger partial charge is 0.138 e. The number of allylic oxidation sites excluding steroid dienone is 4. The van der Waals surface area contributed by atoms with Crippen LogP contribution in [-0.4, -0.2) is 14.1 Å². The van der Waals surface area contributed by atoms with Crippen molar-refractivity contribution in [3.05, 3.63) is 76.2 Å². The van der Waals surface area contributed by atoms with Gasteiger partial charge in [-0.05, 0) is 33.9 Å². The quantitative estimate of drug-likeness (QED) is 0.367. The highest BCUT2D eigenvalue weighted by Crippen LogP contribution is 2.56. The first-order valence-corrected chi connectivity index (χ1v) is 12.1. The van der Waals surface area contributed by atoms with Crippen LogP contribution in [0.5, 0.6) is 0 Å². The summed E-state index contributed by atoms with van der Waals surface area (Å²) in [5.74, 6) is 0. The van der Waals surface area contributed by atoms with Crippen molar-refractivity contribution in [2.24, 2.45) is 0 Å². The van der Waals surface area contributed by atoms with Gasteiger partial charge in [0.15, 0.2) is 0 Å². The van der Waals surface area contributed by atoms with E-state index in [0.29, 0.717) is 21.6 Å². The van der Waals surface area contributed by atoms with Crippen molar-refractivity contribution in [1.82, 2.24) is 0 Å². The molecule has 0 fully saturated rings. The van der Waals surface area contributed by atoms with E-state index in [-0.39, 0.29) is 11.1 Å². The third-order valence-electron chi connectivity index (χ3n) is 4.16. The van der Waals surface area contributed by atoms with E-state index in [9.17, 15) is 21.0 Å². The molecule has 0 spiro atoms. The number of nitriles is 4. The summed E-state index contributed by atoms with van der Waals surface area (Å²) in [5.41, 5.74) is 1.88. The van der Waals surface area contributed by atoms with E-state index in [4.69, 9.17) is 0 Å². The highest BCUT2D eigenvalue weighted by molar-refractivity contribution is 8.33. The molecule has 1 aromatic carbocycles. The second kappa shape index (κ2) is 10.4. The minimum atomic E-state index is -0.144. The predicted octanol–water partition coefficient (Wildman–Crippen LogP) is 6.30. The molecule has 2 aliphatic heterocycles. The Hall–Kier alpha value is -2.92. The largest absolute Gasteiger partial charge is 0.378 e. The Morgan fingerprint density at radius 3 is 1.81 bits per heavy atom. The zero-order chi connectivity index (χ0) is 22.4. The average Bonchev–Trinajstić information content (AvgIpc) is 3.48. The van der Waals surface area contributed by atoms with Crippen LogP contribution in [0.25, 0.3) is 5.57 Å². The lowest BCUT2D eigenvalue weighted by Crippen LogP contribution is -2.08. The van der Waals surface area contributed by atoms with Gasteiger partial charge in [0.1, 0.15) is 35.4 Å². The fraction of sp³-hybridized carbons (Fsp3) is 0.0909. The summed E-state index contributed by atoms with van der Waals surface area (Å²) in [6, 6.07) is 15.1. The topological polar surface area (TPSA) is 98.4 Å². The maximum Gasteiger partial charge on any atom is 0.138 e. The Balaban J connectivity index is 2.19. The van der Waals surface area contributed by atoms with E-state index in [2.05, 4.69) is 0 Å². The first-order valence-electron chi connectivity index (χ1n) is 8.68. The molecular formula is C22H13N5S4. The van der Waals surface area contributed by atoms with Gasteiger partial charge in [-0.15, -0.1) is 0 Å². The average molecular weight is 476 g/mol. The lowest BCUT2D eigenvalue weighted by molar-refractivity contribution is 1.13. The number of nitrogens with zero attached hydrogens (tertiary/aromatic N) is 5. The minimum absolute atomic E-state index is 0.134. The van der Waals surface area contributed by atoms with E-state index in [1.807, 2.05) is 71.6 Å². The van der Waals surface area contributed by atoms with Crippen molar-refractivity contribution in [2.75, 3.05) is 19.0 Å². The summed E-state index contributed by atoms with van der Waals surface area (Å²) in [6.07, 6.45) is 0. The Bertz CT molecular complexity index is 1200. The van der Waals surface area contributed by atoms with E-state index >= 15 is 0 Å². The maximum absolute atomic E-state index is 9.68. The SMILES string of the molecule is CN(C)c1ccc(C(=C(C#N)C#N)C(C2=CSC(=C3SC=CS3)S2)=C(C#N)C#N)cc1. The van der Waals surface area contributed by atoms with Crippen molar-refractivity contribution >= 4 is 58.3 Å². The third kappa shape index (κ3) is 4.88. The van der Waals surface area contributed by atoms with Crippen molar-refractivity contribution < 1.29 is 0 Å². The minimum Gasteiger partial charge on any atom is -0.378 e. The van der Waals surface area contributed by atoms with E-state index < -0.39 is 0 Å². The van der Waals surface area contributed by atoms with E-state index in [0.717, 1.165) is 14.2 Å². The Labute approximate surface area is 198 Å². The molecule has 0 atom stereocenters. The second-order valence-corrected chi connectivity index (χ2v) is 10.5. The van der Waals surface area contributed by atoms with Gasteiger partial charge in [0.2, 0.25) is 0 Å². The lowest BCUT2D eigenvalue weighted by atomic mass is 9.90. The number of anilines is 1. The molecule has 0 N–H and O–H groups in total. The number of hydrogen-bond donors (Lipinski definition) is 0. The van der Waals surface area contributed by atoms with Crippen LogP contribution in [0.1, 0.15) is 5.56 Å². The van der Waals surface area contributed by atoms with Gasteiger partial charge in [0.25, 0.3) is 0 Å². The van der Waals surface area contributed by atoms with Crippen LogP contribution < -0.4 is 4.90 Å². The monoisotopic (exact) mass is 475 g/mol. The molecule has 0 amide bonds. The van der Waals surface area contributed by atoms with Gasteiger partial charge in [0.05, 0.1) is 8.47 Å². The van der Waals surface area contributed by atoms with Crippen LogP contribution in [-0.2, 0) is 0 Å². The first kappa shape index (κ1) is 22.8. The molecule has 1 aromatic rings. The number of hydrogen-bond acceptors (Lipinski definition) is 9. The molecule has 5 nitrogen and oxygen atoms in total. The van der Waals surface area contributed by atoms with Gasteiger partial charge in [-0.25, -0.2) is 0 Å². The Morgan fingerprint density at radius 1 is 0.742 bits per heavy atom. The molecule has 0 bridgehead atoms. The van der Waals surface area contributed by atoms with Gasteiger partial charge < -0.3 is 4.90 Å². The fourth-order valence-electron chi connectivity index (χ4n) is 2.74. The standard InChI is InChI=1S/C22H13N5S4/c1-27(2)17-5-3-14(4-6-17)19(15(9-23)10-24)20(16(11-25)12-26)18-13-30-22(31-18)21-28-7-8-29-21/h3-8,13H,1-2H3. The van der Waals surface area contributed by atoms with Crippen LogP contribution in [0.15, 0.2) is 70.6 Å². The molecule has 0 aliphatic carbocycles. The van der Waals surface area contributed by atoms with Gasteiger partial charge in [-0.3, -0.25) is 0 Å². The van der Waals surface area contributed by atoms with Crippen LogP contribution >= 0.6 is 47.0 Å². The second-order valence-electron chi connectivity index (χ2n) is 6.17. The molecule has 0 radical (unpaired) electrons. The number of benzene rings is 1. The molecule has 0 aromatic heterocycles. The molecule has 9 heteroatoms. The van der Waals surface area contributed by atoms with E-state index in [1.165, 1.54) is 23.5 Å². The highest BCUT2D eigenvalue weighted by Gasteiger charge is 2.28. The third-order valence-corrected chi connectivity index (χ3v) is 9.20. The molecule has 150 valence electrons. The van der Waals surface area contributed by atoms with Crippen molar-refractivity contribution in [2.45, 2.75) is 0 Å². The summed E-state index contributed by atoms with van der Waals surface area (Å²) in [7, 11) is 3.83. The summed E-state index contributed by atoms with van der Waals surface area (Å²) in [6.45, 7) is 0. The van der Waals surface area contributed by atoms with Crippen LogP contribution in [0.3, 0.4) is 0 Å². The zero-order valence-corrected chi connectivity index (χ0v) is 19.7. The zero-order valence-electron chi connectivity index (χ0n) is 16.4. The van der Waals surface area contributed by atoms with Crippen LogP contribution in [0.2, 0.25) is 0 Å². The normalized spacial score (nSPS) is 14.1. The Morgan fingerprint density at radius 2 is 1.29 bits per heavy atom. The molecular weight excluding hydrogens is 463 g/mol. The molecule has 2 heterocycles. The predicted molar refractivity (Wildman–Crippen MR) is 132 cm³/mol. The fourth-order valence-corrected chi connectivity index (χ4v) is 7.26. The van der Waals surface area contributed by atoms with Crippen LogP contribution in [0, 0.1) is 45.3 Å². The lowest BCUT2D eigenvalue weighted by Gasteiger charge is -2.16. The number of rotatable bonds is 4. The van der Waals surface area contributed by atoms with Crippen molar-refractivity contribution in [1.29, 1.82) is 21.0 Å². The maximum atomic E-state index is 9.68. The van der Waals surface area contributed by atoms with Gasteiger partial charge >= 0.3 is 0 Å². The highest BCUT2D eigenvalue weighted by atomic mass is 32.2. The van der Waals surface area contributed by atoms with Gasteiger partial charge in [-0.1, -0.05) is 59.2 Å². The summed E-state index contributed by atoms with van der Waals surface area (Å²) >= 11 is 6.19. The Kier molecular flexibility index (Phi) is 7.64. The van der Waals surface area contributed by atoms with Gasteiger partial charge in [-0.2, -0.15) is 21.0 Å².